The van der Waals surface area contributed by atoms with Crippen LogP contribution in [0.3, 0.4) is 0 Å². The summed E-state index contributed by atoms with van der Waals surface area (Å²) in [7, 11) is 0. The highest BCUT2D eigenvalue weighted by Crippen LogP contribution is 2.37. The topological polar surface area (TPSA) is 105 Å². The number of aryl methyl sites for hydroxylation is 1. The number of fused-ring (bicyclic) bond motifs is 1. The van der Waals surface area contributed by atoms with Crippen LogP contribution in [0.1, 0.15) is 41.4 Å². The smallest absolute Gasteiger partial charge is 0.348 e. The zero-order chi connectivity index (χ0) is 17.3. The average Bonchev–Trinajstić information content (AvgIpc) is 2.92. The van der Waals surface area contributed by atoms with Crippen molar-refractivity contribution >= 4 is 39.0 Å². The second kappa shape index (κ2) is 6.94. The Labute approximate surface area is 145 Å². The summed E-state index contributed by atoms with van der Waals surface area (Å²) in [6.45, 7) is 4.67. The van der Waals surface area contributed by atoms with Gasteiger partial charge in [0.15, 0.2) is 0 Å². The molecule has 0 saturated carbocycles. The summed E-state index contributed by atoms with van der Waals surface area (Å²) in [4.78, 5) is 19.3. The largest absolute Gasteiger partial charge is 0.477 e. The maximum absolute atomic E-state index is 11.4. The first-order valence-electron chi connectivity index (χ1n) is 8.45. The van der Waals surface area contributed by atoms with E-state index in [9.17, 15) is 9.90 Å². The number of piperidine rings is 1. The molecule has 2 aromatic rings. The predicted molar refractivity (Wildman–Crippen MR) is 99.0 cm³/mol. The minimum Gasteiger partial charge on any atom is -0.477 e. The minimum absolute atomic E-state index is 0.186. The Hall–Kier alpha value is -1.86. The number of carboxylic acids is 1. The Kier molecular flexibility index (Phi) is 4.91. The first kappa shape index (κ1) is 17.0. The molecule has 3 rings (SSSR count). The fourth-order valence-electron chi connectivity index (χ4n) is 3.44. The van der Waals surface area contributed by atoms with Gasteiger partial charge in [-0.15, -0.1) is 11.3 Å². The Morgan fingerprint density at radius 1 is 1.54 bits per heavy atom. The van der Waals surface area contributed by atoms with Crippen molar-refractivity contribution in [2.75, 3.05) is 30.3 Å². The number of aromatic carboxylic acids is 1. The molecule has 0 radical (unpaired) electrons. The van der Waals surface area contributed by atoms with Crippen molar-refractivity contribution in [1.82, 2.24) is 4.98 Å². The van der Waals surface area contributed by atoms with E-state index < -0.39 is 5.97 Å². The molecule has 0 bridgehead atoms. The van der Waals surface area contributed by atoms with Crippen LogP contribution in [0.15, 0.2) is 6.07 Å². The van der Waals surface area contributed by atoms with Gasteiger partial charge >= 0.3 is 5.97 Å². The van der Waals surface area contributed by atoms with Crippen molar-refractivity contribution in [2.24, 2.45) is 11.7 Å². The van der Waals surface area contributed by atoms with Gasteiger partial charge in [0.05, 0.1) is 5.69 Å². The number of anilines is 2. The van der Waals surface area contributed by atoms with Gasteiger partial charge in [-0.2, -0.15) is 0 Å². The standard InChI is InChI=1S/C17H24N4O2S/c1-2-4-11-7-12(21-6-3-5-10(8-18)9-21)20-16-13(11)14(19)15(24-16)17(22)23/h7,10H,2-6,8-9,18-19H2,1H3,(H,22,23). The van der Waals surface area contributed by atoms with Crippen molar-refractivity contribution in [3.05, 3.63) is 16.5 Å². The van der Waals surface area contributed by atoms with Crippen LogP contribution in [-0.2, 0) is 6.42 Å². The number of thiophene rings is 1. The molecule has 0 aromatic carbocycles. The van der Waals surface area contributed by atoms with Gasteiger partial charge in [0.2, 0.25) is 0 Å². The van der Waals surface area contributed by atoms with E-state index in [1.165, 1.54) is 11.3 Å². The average molecular weight is 348 g/mol. The SMILES string of the molecule is CCCc1cc(N2CCCC(CN)C2)nc2sc(C(=O)O)c(N)c12. The molecular weight excluding hydrogens is 324 g/mol. The van der Waals surface area contributed by atoms with Crippen LogP contribution >= 0.6 is 11.3 Å². The fraction of sp³-hybridized carbons (Fsp3) is 0.529. The molecule has 24 heavy (non-hydrogen) atoms. The highest BCUT2D eigenvalue weighted by atomic mass is 32.1. The Bertz CT molecular complexity index is 759. The quantitative estimate of drug-likeness (QED) is 0.767. The van der Waals surface area contributed by atoms with E-state index in [-0.39, 0.29) is 4.88 Å². The molecule has 2 aromatic heterocycles. The number of rotatable bonds is 5. The van der Waals surface area contributed by atoms with Gasteiger partial charge < -0.3 is 21.5 Å². The second-order valence-corrected chi connectivity index (χ2v) is 7.41. The number of carboxylic acid groups (broad SMARTS) is 1. The summed E-state index contributed by atoms with van der Waals surface area (Å²) in [6.07, 6.45) is 4.10. The highest BCUT2D eigenvalue weighted by molar-refractivity contribution is 7.21. The lowest BCUT2D eigenvalue weighted by Crippen LogP contribution is -2.38. The monoisotopic (exact) mass is 348 g/mol. The molecule has 130 valence electrons. The predicted octanol–water partition coefficient (Wildman–Crippen LogP) is 2.70. The van der Waals surface area contributed by atoms with E-state index >= 15 is 0 Å². The van der Waals surface area contributed by atoms with Crippen LogP contribution in [0.5, 0.6) is 0 Å². The van der Waals surface area contributed by atoms with Crippen LogP contribution in [0.2, 0.25) is 0 Å². The van der Waals surface area contributed by atoms with E-state index in [1.54, 1.807) is 0 Å². The van der Waals surface area contributed by atoms with E-state index in [0.717, 1.165) is 60.4 Å². The number of nitrogens with zero attached hydrogens (tertiary/aromatic N) is 2. The van der Waals surface area contributed by atoms with Crippen LogP contribution in [-0.4, -0.2) is 35.7 Å². The van der Waals surface area contributed by atoms with Gasteiger partial charge in [0, 0.05) is 18.5 Å². The van der Waals surface area contributed by atoms with Crippen LogP contribution in [0, 0.1) is 5.92 Å². The Morgan fingerprint density at radius 2 is 2.33 bits per heavy atom. The lowest BCUT2D eigenvalue weighted by Gasteiger charge is -2.33. The Morgan fingerprint density at radius 3 is 3.00 bits per heavy atom. The first-order chi connectivity index (χ1) is 11.5. The van der Waals surface area contributed by atoms with Gasteiger partial charge in [-0.05, 0) is 43.4 Å². The molecule has 6 nitrogen and oxygen atoms in total. The molecule has 1 aliphatic rings. The highest BCUT2D eigenvalue weighted by Gasteiger charge is 2.24. The van der Waals surface area contributed by atoms with Crippen LogP contribution in [0.25, 0.3) is 10.2 Å². The minimum atomic E-state index is -0.985. The van der Waals surface area contributed by atoms with E-state index in [4.69, 9.17) is 16.5 Å². The zero-order valence-electron chi connectivity index (χ0n) is 13.9. The number of nitrogen functional groups attached to an aromatic ring is 1. The molecule has 0 aliphatic carbocycles. The maximum Gasteiger partial charge on any atom is 0.348 e. The van der Waals surface area contributed by atoms with E-state index in [2.05, 4.69) is 17.9 Å². The maximum atomic E-state index is 11.4. The van der Waals surface area contributed by atoms with Crippen molar-refractivity contribution < 1.29 is 9.90 Å². The molecule has 0 amide bonds. The molecule has 7 heteroatoms. The normalized spacial score (nSPS) is 18.2. The molecule has 1 aliphatic heterocycles. The molecule has 1 saturated heterocycles. The summed E-state index contributed by atoms with van der Waals surface area (Å²) < 4.78 is 0. The molecule has 1 fully saturated rings. The number of aromatic nitrogens is 1. The summed E-state index contributed by atoms with van der Waals surface area (Å²) in [5.74, 6) is 0.428. The van der Waals surface area contributed by atoms with E-state index in [0.29, 0.717) is 18.2 Å². The fourth-order valence-corrected chi connectivity index (χ4v) is 4.41. The van der Waals surface area contributed by atoms with E-state index in [1.807, 2.05) is 0 Å². The molecule has 0 spiro atoms. The third kappa shape index (κ3) is 3.06. The Balaban J connectivity index is 2.08. The van der Waals surface area contributed by atoms with Gasteiger partial charge in [0.1, 0.15) is 15.5 Å². The zero-order valence-corrected chi connectivity index (χ0v) is 14.7. The molecular formula is C17H24N4O2S. The number of hydrogen-bond acceptors (Lipinski definition) is 6. The van der Waals surface area contributed by atoms with Gasteiger partial charge in [0.25, 0.3) is 0 Å². The molecule has 3 heterocycles. The summed E-state index contributed by atoms with van der Waals surface area (Å²) in [5, 5.41) is 10.2. The van der Waals surface area contributed by atoms with Gasteiger partial charge in [-0.25, -0.2) is 9.78 Å². The third-order valence-corrected chi connectivity index (χ3v) is 5.74. The third-order valence-electron chi connectivity index (χ3n) is 4.66. The second-order valence-electron chi connectivity index (χ2n) is 6.41. The van der Waals surface area contributed by atoms with Crippen LogP contribution in [0.4, 0.5) is 11.5 Å². The summed E-state index contributed by atoms with van der Waals surface area (Å²) in [6, 6.07) is 2.08. The lowest BCUT2D eigenvalue weighted by molar-refractivity contribution is 0.0703. The number of pyridine rings is 1. The van der Waals surface area contributed by atoms with Crippen molar-refractivity contribution in [3.63, 3.8) is 0 Å². The van der Waals surface area contributed by atoms with Crippen molar-refractivity contribution in [3.8, 4) is 0 Å². The lowest BCUT2D eigenvalue weighted by atomic mass is 9.98. The molecule has 1 unspecified atom stereocenters. The summed E-state index contributed by atoms with van der Waals surface area (Å²) in [5.41, 5.74) is 13.4. The molecule has 1 atom stereocenters. The summed E-state index contributed by atoms with van der Waals surface area (Å²) >= 11 is 1.17. The van der Waals surface area contributed by atoms with Crippen molar-refractivity contribution in [2.45, 2.75) is 32.6 Å². The number of nitrogens with two attached hydrogens (primary N) is 2. The first-order valence-corrected chi connectivity index (χ1v) is 9.27. The number of carbonyl (C=O) groups is 1. The number of hydrogen-bond donors (Lipinski definition) is 3. The van der Waals surface area contributed by atoms with Gasteiger partial charge in [-0.3, -0.25) is 0 Å². The van der Waals surface area contributed by atoms with Gasteiger partial charge in [-0.1, -0.05) is 13.3 Å². The molecule has 5 N–H and O–H groups in total. The van der Waals surface area contributed by atoms with Crippen LogP contribution < -0.4 is 16.4 Å². The van der Waals surface area contributed by atoms with Crippen molar-refractivity contribution in [1.29, 1.82) is 0 Å².